The lowest BCUT2D eigenvalue weighted by molar-refractivity contribution is 0.878. The van der Waals surface area contributed by atoms with Crippen molar-refractivity contribution in [2.45, 2.75) is 13.5 Å². The number of aromatic nitrogens is 4. The molecular weight excluding hydrogens is 362 g/mol. The van der Waals surface area contributed by atoms with Crippen molar-refractivity contribution in [1.82, 2.24) is 19.8 Å². The lowest BCUT2D eigenvalue weighted by atomic mass is 10.2. The van der Waals surface area contributed by atoms with Gasteiger partial charge in [0.1, 0.15) is 0 Å². The van der Waals surface area contributed by atoms with Crippen molar-refractivity contribution in [3.05, 3.63) is 50.9 Å². The number of thiophene rings is 1. The van der Waals surface area contributed by atoms with Crippen molar-refractivity contribution >= 4 is 49.5 Å². The van der Waals surface area contributed by atoms with Crippen LogP contribution in [0.15, 0.2) is 39.5 Å². The minimum Gasteiger partial charge on any atom is -0.364 e. The smallest absolute Gasteiger partial charge is 0.185 e. The van der Waals surface area contributed by atoms with E-state index >= 15 is 0 Å². The highest BCUT2D eigenvalue weighted by Gasteiger charge is 2.11. The topological polar surface area (TPSA) is 55.1 Å². The fraction of sp³-hybridized carbons (Fsp3) is 0.133. The van der Waals surface area contributed by atoms with Crippen molar-refractivity contribution in [1.29, 1.82) is 0 Å². The Morgan fingerprint density at radius 2 is 2.05 bits per heavy atom. The SMILES string of the molecule is Cc1nnc2c3ccccc3c(NCc3csc(Br)c3)nn12. The van der Waals surface area contributed by atoms with Crippen molar-refractivity contribution in [2.75, 3.05) is 5.32 Å². The Labute approximate surface area is 139 Å². The Morgan fingerprint density at radius 3 is 2.82 bits per heavy atom. The second kappa shape index (κ2) is 5.33. The summed E-state index contributed by atoms with van der Waals surface area (Å²) >= 11 is 5.17. The Morgan fingerprint density at radius 1 is 1.23 bits per heavy atom. The van der Waals surface area contributed by atoms with Crippen LogP contribution in [0.2, 0.25) is 0 Å². The largest absolute Gasteiger partial charge is 0.364 e. The maximum Gasteiger partial charge on any atom is 0.185 e. The molecule has 0 atom stereocenters. The quantitative estimate of drug-likeness (QED) is 0.589. The highest BCUT2D eigenvalue weighted by atomic mass is 79.9. The van der Waals surface area contributed by atoms with Crippen LogP contribution in [-0.2, 0) is 6.54 Å². The fourth-order valence-electron chi connectivity index (χ4n) is 2.44. The number of nitrogens with one attached hydrogen (secondary N) is 1. The van der Waals surface area contributed by atoms with Gasteiger partial charge in [-0.3, -0.25) is 0 Å². The standard InChI is InChI=1S/C15H12BrN5S/c1-9-18-19-15-12-5-3-2-4-11(12)14(20-21(9)15)17-7-10-6-13(16)22-8-10/h2-6,8H,7H2,1H3,(H,17,20). The molecule has 0 spiro atoms. The molecule has 1 aromatic carbocycles. The fourth-order valence-corrected chi connectivity index (χ4v) is 3.65. The predicted molar refractivity (Wildman–Crippen MR) is 92.4 cm³/mol. The van der Waals surface area contributed by atoms with Crippen LogP contribution in [0.4, 0.5) is 5.82 Å². The van der Waals surface area contributed by atoms with Crippen molar-refractivity contribution < 1.29 is 0 Å². The van der Waals surface area contributed by atoms with Crippen LogP contribution in [0.3, 0.4) is 0 Å². The summed E-state index contributed by atoms with van der Waals surface area (Å²) in [6.45, 7) is 2.63. The molecule has 4 rings (SSSR count). The zero-order valence-corrected chi connectivity index (χ0v) is 14.1. The van der Waals surface area contributed by atoms with E-state index in [0.29, 0.717) is 0 Å². The molecule has 0 unspecified atom stereocenters. The van der Waals surface area contributed by atoms with E-state index in [1.165, 1.54) is 5.56 Å². The summed E-state index contributed by atoms with van der Waals surface area (Å²) in [5.41, 5.74) is 2.01. The second-order valence-electron chi connectivity index (χ2n) is 4.99. The maximum atomic E-state index is 4.66. The van der Waals surface area contributed by atoms with Crippen LogP contribution in [0.1, 0.15) is 11.4 Å². The van der Waals surface area contributed by atoms with Gasteiger partial charge in [-0.1, -0.05) is 24.3 Å². The molecule has 7 heteroatoms. The first kappa shape index (κ1) is 13.7. The van der Waals surface area contributed by atoms with Crippen LogP contribution in [0.5, 0.6) is 0 Å². The van der Waals surface area contributed by atoms with Gasteiger partial charge in [-0.05, 0) is 39.9 Å². The number of fused-ring (bicyclic) bond motifs is 3. The van der Waals surface area contributed by atoms with Crippen LogP contribution < -0.4 is 5.32 Å². The third kappa shape index (κ3) is 2.26. The minimum absolute atomic E-state index is 0.728. The molecule has 5 nitrogen and oxygen atoms in total. The number of anilines is 1. The highest BCUT2D eigenvalue weighted by molar-refractivity contribution is 9.11. The molecule has 4 aromatic rings. The van der Waals surface area contributed by atoms with E-state index in [0.717, 1.165) is 38.4 Å². The monoisotopic (exact) mass is 373 g/mol. The second-order valence-corrected chi connectivity index (χ2v) is 7.28. The van der Waals surface area contributed by atoms with Gasteiger partial charge in [-0.2, -0.15) is 4.52 Å². The first-order chi connectivity index (χ1) is 10.7. The van der Waals surface area contributed by atoms with E-state index in [4.69, 9.17) is 0 Å². The number of rotatable bonds is 3. The van der Waals surface area contributed by atoms with Gasteiger partial charge in [-0.15, -0.1) is 26.6 Å². The number of hydrogen-bond acceptors (Lipinski definition) is 5. The van der Waals surface area contributed by atoms with Gasteiger partial charge >= 0.3 is 0 Å². The van der Waals surface area contributed by atoms with E-state index in [-0.39, 0.29) is 0 Å². The van der Waals surface area contributed by atoms with Gasteiger partial charge in [0.2, 0.25) is 0 Å². The number of aryl methyl sites for hydroxylation is 1. The molecule has 0 radical (unpaired) electrons. The van der Waals surface area contributed by atoms with Gasteiger partial charge < -0.3 is 5.32 Å². The Kier molecular flexibility index (Phi) is 3.31. The molecule has 3 heterocycles. The zero-order valence-electron chi connectivity index (χ0n) is 11.7. The number of benzene rings is 1. The van der Waals surface area contributed by atoms with E-state index in [1.54, 1.807) is 15.9 Å². The van der Waals surface area contributed by atoms with Crippen molar-refractivity contribution in [2.24, 2.45) is 0 Å². The molecule has 0 fully saturated rings. The van der Waals surface area contributed by atoms with E-state index in [2.05, 4.69) is 54.1 Å². The van der Waals surface area contributed by atoms with Gasteiger partial charge in [0, 0.05) is 17.3 Å². The van der Waals surface area contributed by atoms with Crippen LogP contribution in [0.25, 0.3) is 16.4 Å². The lowest BCUT2D eigenvalue weighted by Gasteiger charge is -2.09. The molecule has 3 aromatic heterocycles. The molecule has 0 amide bonds. The first-order valence-electron chi connectivity index (χ1n) is 6.80. The average molecular weight is 374 g/mol. The molecule has 0 saturated carbocycles. The molecule has 0 bridgehead atoms. The summed E-state index contributed by atoms with van der Waals surface area (Å²) in [5, 5.41) is 20.7. The summed E-state index contributed by atoms with van der Waals surface area (Å²) in [5.74, 6) is 1.62. The molecule has 0 aliphatic rings. The number of hydrogen-bond donors (Lipinski definition) is 1. The normalized spacial score (nSPS) is 11.4. The molecule has 0 aliphatic carbocycles. The lowest BCUT2D eigenvalue weighted by Crippen LogP contribution is -2.05. The van der Waals surface area contributed by atoms with Crippen molar-refractivity contribution in [3.8, 4) is 0 Å². The Balaban J connectivity index is 1.82. The number of halogens is 1. The summed E-state index contributed by atoms with van der Waals surface area (Å²) in [6, 6.07) is 10.2. The molecule has 110 valence electrons. The van der Waals surface area contributed by atoms with E-state index < -0.39 is 0 Å². The summed E-state index contributed by atoms with van der Waals surface area (Å²) in [6.07, 6.45) is 0. The molecular formula is C15H12BrN5S. The summed E-state index contributed by atoms with van der Waals surface area (Å²) < 4.78 is 2.92. The van der Waals surface area contributed by atoms with E-state index in [1.807, 2.05) is 25.1 Å². The first-order valence-corrected chi connectivity index (χ1v) is 8.47. The van der Waals surface area contributed by atoms with Crippen molar-refractivity contribution in [3.63, 3.8) is 0 Å². The zero-order chi connectivity index (χ0) is 15.1. The van der Waals surface area contributed by atoms with Crippen LogP contribution in [-0.4, -0.2) is 19.8 Å². The molecule has 0 aliphatic heterocycles. The van der Waals surface area contributed by atoms with Crippen LogP contribution >= 0.6 is 27.3 Å². The summed E-state index contributed by atoms with van der Waals surface area (Å²) in [4.78, 5) is 0. The Bertz CT molecular complexity index is 975. The average Bonchev–Trinajstić information content (AvgIpc) is 3.11. The number of nitrogens with zero attached hydrogens (tertiary/aromatic N) is 4. The van der Waals surface area contributed by atoms with Gasteiger partial charge in [0.05, 0.1) is 3.79 Å². The summed E-state index contributed by atoms with van der Waals surface area (Å²) in [7, 11) is 0. The van der Waals surface area contributed by atoms with Gasteiger partial charge in [-0.25, -0.2) is 0 Å². The molecule has 22 heavy (non-hydrogen) atoms. The third-order valence-corrected chi connectivity index (χ3v) is 5.05. The Hall–Kier alpha value is -1.99. The highest BCUT2D eigenvalue weighted by Crippen LogP contribution is 2.26. The molecule has 1 N–H and O–H groups in total. The minimum atomic E-state index is 0.728. The van der Waals surface area contributed by atoms with E-state index in [9.17, 15) is 0 Å². The maximum absolute atomic E-state index is 4.66. The predicted octanol–water partition coefficient (Wildman–Crippen LogP) is 4.02. The van der Waals surface area contributed by atoms with Gasteiger partial charge in [0.15, 0.2) is 17.3 Å². The van der Waals surface area contributed by atoms with Gasteiger partial charge in [0.25, 0.3) is 0 Å². The molecule has 0 saturated heterocycles. The third-order valence-electron chi connectivity index (χ3n) is 3.50. The van der Waals surface area contributed by atoms with Crippen LogP contribution in [0, 0.1) is 6.92 Å².